The number of rotatable bonds is 3. The van der Waals surface area contributed by atoms with E-state index in [4.69, 9.17) is 11.6 Å². The molecule has 4 nitrogen and oxygen atoms in total. The quantitative estimate of drug-likeness (QED) is 0.670. The second-order valence-electron chi connectivity index (χ2n) is 7.07. The Morgan fingerprint density at radius 3 is 2.88 bits per heavy atom. The molecule has 0 amide bonds. The van der Waals surface area contributed by atoms with E-state index < -0.39 is 5.60 Å². The van der Waals surface area contributed by atoms with Crippen LogP contribution in [0.5, 0.6) is 0 Å². The molecular formula is C20H22ClN3O. The molecule has 3 heterocycles. The van der Waals surface area contributed by atoms with Crippen LogP contribution in [-0.2, 0) is 12.0 Å². The number of nitrogens with one attached hydrogen (secondary N) is 2. The molecule has 1 aliphatic rings. The molecule has 0 spiro atoms. The van der Waals surface area contributed by atoms with Crippen LogP contribution in [0.1, 0.15) is 36.1 Å². The lowest BCUT2D eigenvalue weighted by atomic mass is 9.84. The molecule has 2 aromatic heterocycles. The monoisotopic (exact) mass is 355 g/mol. The highest BCUT2D eigenvalue weighted by atomic mass is 35.5. The minimum atomic E-state index is -0.911. The number of fused-ring (bicyclic) bond motifs is 3. The van der Waals surface area contributed by atoms with Gasteiger partial charge in [-0.2, -0.15) is 0 Å². The molecule has 5 heteroatoms. The van der Waals surface area contributed by atoms with Crippen LogP contribution in [0.3, 0.4) is 0 Å². The number of pyridine rings is 1. The third kappa shape index (κ3) is 3.17. The molecule has 3 N–H and O–H groups in total. The van der Waals surface area contributed by atoms with Gasteiger partial charge in [0.25, 0.3) is 0 Å². The van der Waals surface area contributed by atoms with E-state index in [2.05, 4.69) is 15.3 Å². The Balaban J connectivity index is 1.73. The summed E-state index contributed by atoms with van der Waals surface area (Å²) in [4.78, 5) is 7.64. The molecule has 1 aliphatic heterocycles. The number of aromatic amines is 1. The fraction of sp³-hybridized carbons (Fsp3) is 0.350. The SMILES string of the molecule is CC(O)(CC1CNCCc2c1[nH]c1ccc(Cl)cc21)c1ccncc1. The average molecular weight is 356 g/mol. The van der Waals surface area contributed by atoms with Crippen molar-refractivity contribution in [2.75, 3.05) is 13.1 Å². The lowest BCUT2D eigenvalue weighted by Gasteiger charge is -2.28. The fourth-order valence-electron chi connectivity index (χ4n) is 3.93. The van der Waals surface area contributed by atoms with Crippen molar-refractivity contribution in [3.63, 3.8) is 0 Å². The maximum Gasteiger partial charge on any atom is 0.0876 e. The van der Waals surface area contributed by atoms with Crippen LogP contribution in [0.2, 0.25) is 5.02 Å². The zero-order valence-corrected chi connectivity index (χ0v) is 15.0. The first-order chi connectivity index (χ1) is 12.0. The first-order valence-electron chi connectivity index (χ1n) is 8.68. The van der Waals surface area contributed by atoms with E-state index >= 15 is 0 Å². The molecule has 0 saturated carbocycles. The van der Waals surface area contributed by atoms with Gasteiger partial charge in [0.1, 0.15) is 0 Å². The highest BCUT2D eigenvalue weighted by Crippen LogP contribution is 2.37. The Bertz CT molecular complexity index is 889. The standard InChI is InChI=1S/C20H22ClN3O/c1-20(25,14-4-7-22-8-5-14)11-13-12-23-9-6-16-17-10-15(21)2-3-18(17)24-19(13)16/h2-5,7-8,10,13,23-25H,6,9,11-12H2,1H3. The minimum Gasteiger partial charge on any atom is -0.385 e. The summed E-state index contributed by atoms with van der Waals surface area (Å²) >= 11 is 6.21. The fourth-order valence-corrected chi connectivity index (χ4v) is 4.11. The summed E-state index contributed by atoms with van der Waals surface area (Å²) in [5, 5.41) is 16.5. The van der Waals surface area contributed by atoms with Crippen molar-refractivity contribution in [1.82, 2.24) is 15.3 Å². The smallest absolute Gasteiger partial charge is 0.0876 e. The number of hydrogen-bond donors (Lipinski definition) is 3. The van der Waals surface area contributed by atoms with E-state index in [9.17, 15) is 5.11 Å². The second-order valence-corrected chi connectivity index (χ2v) is 7.51. The van der Waals surface area contributed by atoms with Crippen molar-refractivity contribution in [2.45, 2.75) is 31.3 Å². The van der Waals surface area contributed by atoms with Crippen LogP contribution in [0, 0.1) is 0 Å². The predicted octanol–water partition coefficient (Wildman–Crippen LogP) is 3.74. The van der Waals surface area contributed by atoms with E-state index in [1.807, 2.05) is 37.3 Å². The van der Waals surface area contributed by atoms with Gasteiger partial charge in [-0.1, -0.05) is 11.6 Å². The molecule has 130 valence electrons. The maximum absolute atomic E-state index is 11.1. The topological polar surface area (TPSA) is 60.9 Å². The van der Waals surface area contributed by atoms with Gasteiger partial charge in [0.15, 0.2) is 0 Å². The molecule has 0 saturated heterocycles. The highest BCUT2D eigenvalue weighted by Gasteiger charge is 2.31. The first kappa shape index (κ1) is 16.6. The van der Waals surface area contributed by atoms with Crippen molar-refractivity contribution in [3.05, 3.63) is 64.6 Å². The predicted molar refractivity (Wildman–Crippen MR) is 101 cm³/mol. The van der Waals surface area contributed by atoms with Gasteiger partial charge in [-0.3, -0.25) is 4.98 Å². The lowest BCUT2D eigenvalue weighted by Crippen LogP contribution is -2.29. The molecule has 3 aromatic rings. The average Bonchev–Trinajstić information content (AvgIpc) is 2.84. The Morgan fingerprint density at radius 2 is 2.08 bits per heavy atom. The van der Waals surface area contributed by atoms with Crippen LogP contribution in [0.15, 0.2) is 42.7 Å². The number of hydrogen-bond acceptors (Lipinski definition) is 3. The van der Waals surface area contributed by atoms with E-state index in [1.54, 1.807) is 12.4 Å². The molecule has 2 atom stereocenters. The summed E-state index contributed by atoms with van der Waals surface area (Å²) in [7, 11) is 0. The number of aromatic nitrogens is 2. The highest BCUT2D eigenvalue weighted by molar-refractivity contribution is 6.31. The summed E-state index contributed by atoms with van der Waals surface area (Å²) in [5.41, 5.74) is 3.64. The van der Waals surface area contributed by atoms with E-state index in [-0.39, 0.29) is 5.92 Å². The Morgan fingerprint density at radius 1 is 1.28 bits per heavy atom. The third-order valence-corrected chi connectivity index (χ3v) is 5.43. The summed E-state index contributed by atoms with van der Waals surface area (Å²) in [6.45, 7) is 3.65. The molecular weight excluding hydrogens is 334 g/mol. The molecule has 0 bridgehead atoms. The Kier molecular flexibility index (Phi) is 4.28. The van der Waals surface area contributed by atoms with Crippen molar-refractivity contribution in [3.8, 4) is 0 Å². The Hall–Kier alpha value is -1.88. The third-order valence-electron chi connectivity index (χ3n) is 5.20. The number of H-pyrrole nitrogens is 1. The lowest BCUT2D eigenvalue weighted by molar-refractivity contribution is 0.0395. The zero-order chi connectivity index (χ0) is 17.4. The van der Waals surface area contributed by atoms with E-state index in [1.165, 1.54) is 16.6 Å². The van der Waals surface area contributed by atoms with Crippen molar-refractivity contribution < 1.29 is 5.11 Å². The van der Waals surface area contributed by atoms with Gasteiger partial charge in [-0.05, 0) is 67.8 Å². The molecule has 2 unspecified atom stereocenters. The molecule has 0 aliphatic carbocycles. The van der Waals surface area contributed by atoms with E-state index in [0.29, 0.717) is 6.42 Å². The molecule has 4 rings (SSSR count). The van der Waals surface area contributed by atoms with Gasteiger partial charge in [0.2, 0.25) is 0 Å². The largest absolute Gasteiger partial charge is 0.385 e. The van der Waals surface area contributed by atoms with Crippen LogP contribution in [-0.4, -0.2) is 28.2 Å². The van der Waals surface area contributed by atoms with Crippen LogP contribution in [0.25, 0.3) is 10.9 Å². The normalized spacial score (nSPS) is 20.0. The number of aliphatic hydroxyl groups is 1. The summed E-state index contributed by atoms with van der Waals surface area (Å²) in [6.07, 6.45) is 5.05. The van der Waals surface area contributed by atoms with Crippen molar-refractivity contribution in [1.29, 1.82) is 0 Å². The van der Waals surface area contributed by atoms with Gasteiger partial charge in [-0.25, -0.2) is 0 Å². The summed E-state index contributed by atoms with van der Waals surface area (Å²) < 4.78 is 0. The van der Waals surface area contributed by atoms with E-state index in [0.717, 1.165) is 35.6 Å². The van der Waals surface area contributed by atoms with Gasteiger partial charge in [-0.15, -0.1) is 0 Å². The van der Waals surface area contributed by atoms with Gasteiger partial charge >= 0.3 is 0 Å². The Labute approximate surface area is 152 Å². The zero-order valence-electron chi connectivity index (χ0n) is 14.2. The maximum atomic E-state index is 11.1. The number of nitrogens with zero attached hydrogens (tertiary/aromatic N) is 1. The second kappa shape index (κ2) is 6.45. The molecule has 0 radical (unpaired) electrons. The molecule has 1 aromatic carbocycles. The van der Waals surface area contributed by atoms with Crippen LogP contribution < -0.4 is 5.32 Å². The first-order valence-corrected chi connectivity index (χ1v) is 9.06. The van der Waals surface area contributed by atoms with Gasteiger partial charge in [0.05, 0.1) is 5.60 Å². The van der Waals surface area contributed by atoms with Crippen molar-refractivity contribution in [2.24, 2.45) is 0 Å². The summed E-state index contributed by atoms with van der Waals surface area (Å²) in [6, 6.07) is 9.76. The number of benzene rings is 1. The molecule has 25 heavy (non-hydrogen) atoms. The van der Waals surface area contributed by atoms with Crippen molar-refractivity contribution >= 4 is 22.5 Å². The van der Waals surface area contributed by atoms with Gasteiger partial charge in [0, 0.05) is 46.5 Å². The van der Waals surface area contributed by atoms with Crippen LogP contribution in [0.4, 0.5) is 0 Å². The number of halogens is 1. The molecule has 0 fully saturated rings. The van der Waals surface area contributed by atoms with Gasteiger partial charge < -0.3 is 15.4 Å². The summed E-state index contributed by atoms with van der Waals surface area (Å²) in [5.74, 6) is 0.201. The minimum absolute atomic E-state index is 0.201. The van der Waals surface area contributed by atoms with Crippen LogP contribution >= 0.6 is 11.6 Å².